The second-order valence-electron chi connectivity index (χ2n) is 6.08. The van der Waals surface area contributed by atoms with Crippen molar-refractivity contribution in [2.45, 2.75) is 59.4 Å². The fraction of sp³-hybridized carbons (Fsp3) is 0.800. The number of nitrogens with zero attached hydrogens (tertiary/aromatic N) is 3. The summed E-state index contributed by atoms with van der Waals surface area (Å²) >= 11 is 0. The summed E-state index contributed by atoms with van der Waals surface area (Å²) in [7, 11) is 0. The van der Waals surface area contributed by atoms with Gasteiger partial charge < -0.3 is 10.6 Å². The minimum atomic E-state index is 0.361. The molecule has 2 N–H and O–H groups in total. The molecule has 0 atom stereocenters. The molecule has 0 saturated carbocycles. The van der Waals surface area contributed by atoms with Crippen molar-refractivity contribution in [2.75, 3.05) is 23.7 Å². The Morgan fingerprint density at radius 1 is 1.32 bits per heavy atom. The lowest BCUT2D eigenvalue weighted by Crippen LogP contribution is -2.35. The van der Waals surface area contributed by atoms with E-state index in [-0.39, 0.29) is 0 Å². The molecule has 1 aliphatic heterocycles. The van der Waals surface area contributed by atoms with Crippen molar-refractivity contribution in [2.24, 2.45) is 5.92 Å². The average molecular weight is 264 g/mol. The fourth-order valence-corrected chi connectivity index (χ4v) is 3.07. The van der Waals surface area contributed by atoms with Gasteiger partial charge in [-0.25, -0.2) is 4.68 Å². The zero-order chi connectivity index (χ0) is 14.0. The number of nitrogen functional groups attached to an aromatic ring is 1. The molecular weight excluding hydrogens is 236 g/mol. The summed E-state index contributed by atoms with van der Waals surface area (Å²) in [5, 5.41) is 4.59. The Balaban J connectivity index is 2.15. The van der Waals surface area contributed by atoms with E-state index in [0.29, 0.717) is 6.04 Å². The molecule has 4 nitrogen and oxygen atoms in total. The van der Waals surface area contributed by atoms with Crippen LogP contribution in [0.3, 0.4) is 0 Å². The van der Waals surface area contributed by atoms with Crippen LogP contribution in [0, 0.1) is 12.8 Å². The van der Waals surface area contributed by atoms with Crippen molar-refractivity contribution in [1.29, 1.82) is 0 Å². The van der Waals surface area contributed by atoms with Gasteiger partial charge in [-0.1, -0.05) is 19.8 Å². The molecule has 0 amide bonds. The van der Waals surface area contributed by atoms with Crippen LogP contribution < -0.4 is 10.6 Å². The highest BCUT2D eigenvalue weighted by molar-refractivity contribution is 5.66. The van der Waals surface area contributed by atoms with Gasteiger partial charge in [-0.05, 0) is 39.5 Å². The summed E-state index contributed by atoms with van der Waals surface area (Å²) in [5.74, 6) is 2.04. The van der Waals surface area contributed by atoms with Crippen LogP contribution in [0.15, 0.2) is 0 Å². The maximum atomic E-state index is 6.24. The second-order valence-corrected chi connectivity index (χ2v) is 6.08. The molecule has 0 bridgehead atoms. The fourth-order valence-electron chi connectivity index (χ4n) is 3.07. The van der Waals surface area contributed by atoms with E-state index in [0.717, 1.165) is 36.2 Å². The lowest BCUT2D eigenvalue weighted by atomic mass is 9.92. The van der Waals surface area contributed by atoms with Gasteiger partial charge >= 0.3 is 0 Å². The molecule has 1 aromatic rings. The quantitative estimate of drug-likeness (QED) is 0.907. The minimum Gasteiger partial charge on any atom is -0.394 e. The minimum absolute atomic E-state index is 0.361. The first kappa shape index (κ1) is 14.2. The molecule has 2 rings (SSSR count). The smallest absolute Gasteiger partial charge is 0.150 e. The molecule has 2 heterocycles. The molecule has 1 fully saturated rings. The average Bonchev–Trinajstić information content (AvgIpc) is 2.68. The summed E-state index contributed by atoms with van der Waals surface area (Å²) in [6.45, 7) is 10.8. The summed E-state index contributed by atoms with van der Waals surface area (Å²) in [6.07, 6.45) is 5.24. The first-order valence-electron chi connectivity index (χ1n) is 7.64. The van der Waals surface area contributed by atoms with Crippen molar-refractivity contribution in [3.8, 4) is 0 Å². The van der Waals surface area contributed by atoms with Gasteiger partial charge in [0.25, 0.3) is 0 Å². The van der Waals surface area contributed by atoms with E-state index < -0.39 is 0 Å². The number of hydrogen-bond donors (Lipinski definition) is 1. The third-order valence-electron chi connectivity index (χ3n) is 4.21. The van der Waals surface area contributed by atoms with E-state index >= 15 is 0 Å². The number of piperidine rings is 1. The Morgan fingerprint density at radius 3 is 2.47 bits per heavy atom. The monoisotopic (exact) mass is 264 g/mol. The van der Waals surface area contributed by atoms with Crippen LogP contribution in [-0.2, 0) is 0 Å². The predicted octanol–water partition coefficient (Wildman–Crippen LogP) is 3.37. The lowest BCUT2D eigenvalue weighted by Gasteiger charge is -2.34. The van der Waals surface area contributed by atoms with Gasteiger partial charge in [-0.15, -0.1) is 0 Å². The van der Waals surface area contributed by atoms with Gasteiger partial charge in [0.2, 0.25) is 0 Å². The number of hydrogen-bond acceptors (Lipinski definition) is 3. The zero-order valence-electron chi connectivity index (χ0n) is 12.8. The predicted molar refractivity (Wildman–Crippen MR) is 81.6 cm³/mol. The maximum Gasteiger partial charge on any atom is 0.150 e. The van der Waals surface area contributed by atoms with Crippen molar-refractivity contribution >= 4 is 11.5 Å². The van der Waals surface area contributed by atoms with Crippen LogP contribution in [0.5, 0.6) is 0 Å². The Bertz CT molecular complexity index is 414. The second kappa shape index (κ2) is 5.85. The van der Waals surface area contributed by atoms with E-state index in [1.807, 2.05) is 6.92 Å². The SMILES string of the molecule is CCCC1CCN(c2c(N)c(C)nn2C(C)C)CC1. The van der Waals surface area contributed by atoms with Crippen molar-refractivity contribution < 1.29 is 0 Å². The Labute approximate surface area is 117 Å². The molecule has 0 unspecified atom stereocenters. The van der Waals surface area contributed by atoms with Crippen LogP contribution >= 0.6 is 0 Å². The zero-order valence-corrected chi connectivity index (χ0v) is 12.8. The summed E-state index contributed by atoms with van der Waals surface area (Å²) in [6, 6.07) is 0.361. The van der Waals surface area contributed by atoms with Crippen molar-refractivity contribution in [3.05, 3.63) is 5.69 Å². The molecule has 0 aliphatic carbocycles. The first-order chi connectivity index (χ1) is 9.04. The van der Waals surface area contributed by atoms with Crippen molar-refractivity contribution in [3.63, 3.8) is 0 Å². The summed E-state index contributed by atoms with van der Waals surface area (Å²) in [5.41, 5.74) is 8.06. The molecule has 1 aliphatic rings. The summed E-state index contributed by atoms with van der Waals surface area (Å²) < 4.78 is 2.09. The highest BCUT2D eigenvalue weighted by Gasteiger charge is 2.25. The van der Waals surface area contributed by atoms with Gasteiger partial charge in [0.15, 0.2) is 5.82 Å². The largest absolute Gasteiger partial charge is 0.394 e. The highest BCUT2D eigenvalue weighted by atomic mass is 15.4. The molecule has 0 spiro atoms. The maximum absolute atomic E-state index is 6.24. The van der Waals surface area contributed by atoms with Crippen LogP contribution in [0.4, 0.5) is 11.5 Å². The van der Waals surface area contributed by atoms with Gasteiger partial charge in [-0.2, -0.15) is 5.10 Å². The summed E-state index contributed by atoms with van der Waals surface area (Å²) in [4.78, 5) is 2.43. The third kappa shape index (κ3) is 2.88. The molecule has 108 valence electrons. The topological polar surface area (TPSA) is 47.1 Å². The number of nitrogens with two attached hydrogens (primary N) is 1. The highest BCUT2D eigenvalue weighted by Crippen LogP contribution is 2.33. The van der Waals surface area contributed by atoms with E-state index in [1.165, 1.54) is 25.7 Å². The first-order valence-corrected chi connectivity index (χ1v) is 7.64. The standard InChI is InChI=1S/C15H28N4/c1-5-6-13-7-9-18(10-8-13)15-14(16)12(4)17-19(15)11(2)3/h11,13H,5-10,16H2,1-4H3. The van der Waals surface area contributed by atoms with E-state index in [9.17, 15) is 0 Å². The number of anilines is 2. The molecule has 0 radical (unpaired) electrons. The Kier molecular flexibility index (Phi) is 4.38. The molecule has 1 saturated heterocycles. The van der Waals surface area contributed by atoms with Crippen LogP contribution in [-0.4, -0.2) is 22.9 Å². The lowest BCUT2D eigenvalue weighted by molar-refractivity contribution is 0.372. The van der Waals surface area contributed by atoms with Gasteiger partial charge in [0.05, 0.1) is 11.4 Å². The van der Waals surface area contributed by atoms with Crippen molar-refractivity contribution in [1.82, 2.24) is 9.78 Å². The van der Waals surface area contributed by atoms with Crippen LogP contribution in [0.1, 0.15) is 58.2 Å². The van der Waals surface area contributed by atoms with Gasteiger partial charge in [0.1, 0.15) is 0 Å². The van der Waals surface area contributed by atoms with Crippen LogP contribution in [0.25, 0.3) is 0 Å². The van der Waals surface area contributed by atoms with E-state index in [4.69, 9.17) is 5.73 Å². The third-order valence-corrected chi connectivity index (χ3v) is 4.21. The Morgan fingerprint density at radius 2 is 1.95 bits per heavy atom. The number of rotatable bonds is 4. The van der Waals surface area contributed by atoms with Crippen LogP contribution in [0.2, 0.25) is 0 Å². The van der Waals surface area contributed by atoms with E-state index in [2.05, 4.69) is 35.5 Å². The molecular formula is C15H28N4. The molecule has 1 aromatic heterocycles. The van der Waals surface area contributed by atoms with E-state index in [1.54, 1.807) is 0 Å². The normalized spacial score (nSPS) is 17.4. The molecule has 4 heteroatoms. The van der Waals surface area contributed by atoms with Gasteiger partial charge in [-0.3, -0.25) is 0 Å². The molecule has 0 aromatic carbocycles. The van der Waals surface area contributed by atoms with Gasteiger partial charge in [0, 0.05) is 19.1 Å². The molecule has 19 heavy (non-hydrogen) atoms. The number of aromatic nitrogens is 2. The number of aryl methyl sites for hydroxylation is 1. The Hall–Kier alpha value is -1.19.